The Morgan fingerprint density at radius 1 is 1.07 bits per heavy atom. The van der Waals surface area contributed by atoms with Crippen LogP contribution in [0.1, 0.15) is 12.0 Å². The first-order valence-electron chi connectivity index (χ1n) is 9.94. The van der Waals surface area contributed by atoms with Gasteiger partial charge in [-0.2, -0.15) is 0 Å². The quantitative estimate of drug-likeness (QED) is 0.555. The van der Waals surface area contributed by atoms with Gasteiger partial charge >= 0.3 is 6.03 Å². The molecule has 0 bridgehead atoms. The second kappa shape index (κ2) is 8.80. The molecular formula is C23H25N5O. The van der Waals surface area contributed by atoms with Gasteiger partial charge in [0.2, 0.25) is 0 Å². The van der Waals surface area contributed by atoms with Crippen LogP contribution in [-0.2, 0) is 0 Å². The molecule has 6 nitrogen and oxygen atoms in total. The second-order valence-electron chi connectivity index (χ2n) is 7.20. The Morgan fingerprint density at radius 3 is 2.66 bits per heavy atom. The Balaban J connectivity index is 1.41. The fraction of sp³-hybridized carbons (Fsp3) is 0.304. The summed E-state index contributed by atoms with van der Waals surface area (Å²) < 4.78 is 1.58. The number of nitrogens with one attached hydrogen (secondary N) is 1. The lowest BCUT2D eigenvalue weighted by molar-refractivity contribution is 0.243. The van der Waals surface area contributed by atoms with Crippen LogP contribution in [0.5, 0.6) is 0 Å². The van der Waals surface area contributed by atoms with Crippen molar-refractivity contribution in [2.24, 2.45) is 0 Å². The van der Waals surface area contributed by atoms with E-state index in [9.17, 15) is 4.79 Å². The molecular weight excluding hydrogens is 362 g/mol. The van der Waals surface area contributed by atoms with Crippen LogP contribution in [-0.4, -0.2) is 60.3 Å². The van der Waals surface area contributed by atoms with Gasteiger partial charge in [0.05, 0.1) is 11.2 Å². The number of fused-ring (bicyclic) bond motifs is 1. The number of carbonyl (C=O) groups excluding carboxylic acids is 1. The molecule has 1 amide bonds. The second-order valence-corrected chi connectivity index (χ2v) is 7.20. The van der Waals surface area contributed by atoms with Crippen molar-refractivity contribution in [1.82, 2.24) is 19.8 Å². The first kappa shape index (κ1) is 19.0. The maximum absolute atomic E-state index is 12.6. The van der Waals surface area contributed by atoms with Gasteiger partial charge < -0.3 is 15.1 Å². The lowest BCUT2D eigenvalue weighted by Crippen LogP contribution is -2.44. The molecule has 0 atom stereocenters. The summed E-state index contributed by atoms with van der Waals surface area (Å²) in [5.41, 5.74) is 3.78. The molecule has 1 aromatic heterocycles. The minimum atomic E-state index is -0.176. The minimum absolute atomic E-state index is 0.176. The van der Waals surface area contributed by atoms with Crippen molar-refractivity contribution in [2.75, 3.05) is 44.7 Å². The third-order valence-corrected chi connectivity index (χ3v) is 5.15. The Hall–Kier alpha value is -3.30. The summed E-state index contributed by atoms with van der Waals surface area (Å²) in [6.45, 7) is 4.49. The van der Waals surface area contributed by atoms with Crippen LogP contribution in [0.3, 0.4) is 0 Å². The van der Waals surface area contributed by atoms with Crippen LogP contribution in [0.25, 0.3) is 11.0 Å². The van der Waals surface area contributed by atoms with Gasteiger partial charge in [0.25, 0.3) is 0 Å². The minimum Gasteiger partial charge on any atom is -0.367 e. The average molecular weight is 387 g/mol. The molecule has 0 aliphatic carbocycles. The molecule has 1 aliphatic rings. The molecule has 1 N–H and O–H groups in total. The molecule has 6 heteroatoms. The number of piperazine rings is 1. The highest BCUT2D eigenvalue weighted by molar-refractivity contribution is 5.95. The van der Waals surface area contributed by atoms with Gasteiger partial charge in [-0.3, -0.25) is 4.57 Å². The molecule has 1 fully saturated rings. The highest BCUT2D eigenvalue weighted by atomic mass is 16.2. The SMILES string of the molecule is CN1CCN(c2cccc3c2ncn3C(=O)NCCC#Cc2ccccc2)CC1. The largest absolute Gasteiger partial charge is 0.367 e. The van der Waals surface area contributed by atoms with Gasteiger partial charge in [-0.15, -0.1) is 0 Å². The van der Waals surface area contributed by atoms with Crippen LogP contribution in [0.4, 0.5) is 10.5 Å². The van der Waals surface area contributed by atoms with E-state index < -0.39 is 0 Å². The Morgan fingerprint density at radius 2 is 1.86 bits per heavy atom. The normalized spacial score (nSPS) is 14.4. The first-order chi connectivity index (χ1) is 14.2. The lowest BCUT2D eigenvalue weighted by Gasteiger charge is -2.34. The van der Waals surface area contributed by atoms with Crippen LogP contribution >= 0.6 is 0 Å². The maximum atomic E-state index is 12.6. The molecule has 29 heavy (non-hydrogen) atoms. The molecule has 1 saturated heterocycles. The van der Waals surface area contributed by atoms with E-state index in [0.29, 0.717) is 13.0 Å². The summed E-state index contributed by atoms with van der Waals surface area (Å²) in [7, 11) is 2.14. The van der Waals surface area contributed by atoms with E-state index in [0.717, 1.165) is 48.5 Å². The third-order valence-electron chi connectivity index (χ3n) is 5.15. The van der Waals surface area contributed by atoms with Gasteiger partial charge in [-0.25, -0.2) is 9.78 Å². The van der Waals surface area contributed by atoms with Crippen molar-refractivity contribution in [3.05, 3.63) is 60.4 Å². The zero-order chi connectivity index (χ0) is 20.1. The molecule has 1 aliphatic heterocycles. The summed E-state index contributed by atoms with van der Waals surface area (Å²) in [4.78, 5) is 21.8. The summed E-state index contributed by atoms with van der Waals surface area (Å²) in [6.07, 6.45) is 2.20. The van der Waals surface area contributed by atoms with Gasteiger partial charge in [-0.05, 0) is 31.3 Å². The maximum Gasteiger partial charge on any atom is 0.327 e. The number of benzene rings is 2. The summed E-state index contributed by atoms with van der Waals surface area (Å²) in [5, 5.41) is 2.93. The lowest BCUT2D eigenvalue weighted by atomic mass is 10.2. The smallest absolute Gasteiger partial charge is 0.327 e. The summed E-state index contributed by atoms with van der Waals surface area (Å²) in [6, 6.07) is 15.7. The van der Waals surface area contributed by atoms with E-state index in [1.807, 2.05) is 42.5 Å². The van der Waals surface area contributed by atoms with Crippen molar-refractivity contribution in [1.29, 1.82) is 0 Å². The molecule has 148 valence electrons. The zero-order valence-corrected chi connectivity index (χ0v) is 16.6. The van der Waals surface area contributed by atoms with E-state index in [1.54, 1.807) is 10.9 Å². The van der Waals surface area contributed by atoms with E-state index in [2.05, 4.69) is 45.1 Å². The topological polar surface area (TPSA) is 53.4 Å². The van der Waals surface area contributed by atoms with E-state index in [-0.39, 0.29) is 6.03 Å². The predicted molar refractivity (Wildman–Crippen MR) is 116 cm³/mol. The number of aromatic nitrogens is 2. The fourth-order valence-corrected chi connectivity index (χ4v) is 3.49. The molecule has 2 heterocycles. The predicted octanol–water partition coefficient (Wildman–Crippen LogP) is 2.79. The molecule has 2 aromatic carbocycles. The number of hydrogen-bond acceptors (Lipinski definition) is 4. The molecule has 3 aromatic rings. The Bertz CT molecular complexity index is 1040. The van der Waals surface area contributed by atoms with Crippen molar-refractivity contribution in [3.8, 4) is 11.8 Å². The van der Waals surface area contributed by atoms with Crippen LogP contribution in [0, 0.1) is 11.8 Å². The van der Waals surface area contributed by atoms with Crippen LogP contribution in [0.2, 0.25) is 0 Å². The number of imidazole rings is 1. The number of nitrogens with zero attached hydrogens (tertiary/aromatic N) is 4. The highest BCUT2D eigenvalue weighted by Gasteiger charge is 2.19. The van der Waals surface area contributed by atoms with Crippen molar-refractivity contribution in [3.63, 3.8) is 0 Å². The van der Waals surface area contributed by atoms with Gasteiger partial charge in [0, 0.05) is 44.7 Å². The number of anilines is 1. The van der Waals surface area contributed by atoms with Crippen molar-refractivity contribution >= 4 is 22.8 Å². The zero-order valence-electron chi connectivity index (χ0n) is 16.6. The number of amides is 1. The number of hydrogen-bond donors (Lipinski definition) is 1. The first-order valence-corrected chi connectivity index (χ1v) is 9.94. The van der Waals surface area contributed by atoms with Crippen LogP contribution in [0.15, 0.2) is 54.9 Å². The van der Waals surface area contributed by atoms with Crippen LogP contribution < -0.4 is 10.2 Å². The molecule has 0 saturated carbocycles. The molecule has 0 radical (unpaired) electrons. The Kier molecular flexibility index (Phi) is 5.78. The summed E-state index contributed by atoms with van der Waals surface area (Å²) in [5.74, 6) is 6.20. The highest BCUT2D eigenvalue weighted by Crippen LogP contribution is 2.26. The standard InChI is InChI=1S/C23H25N5O/c1-26-14-16-27(17-15-26)20-11-7-12-21-22(20)25-18-28(21)23(29)24-13-6-5-10-19-8-3-2-4-9-19/h2-4,7-9,11-12,18H,6,13-17H2,1H3,(H,24,29). The molecule has 0 unspecified atom stereocenters. The Labute approximate surface area is 171 Å². The van der Waals surface area contributed by atoms with E-state index in [4.69, 9.17) is 0 Å². The van der Waals surface area contributed by atoms with Gasteiger partial charge in [0.1, 0.15) is 11.8 Å². The van der Waals surface area contributed by atoms with Gasteiger partial charge in [-0.1, -0.05) is 36.1 Å². The average Bonchev–Trinajstić information content (AvgIpc) is 3.19. The van der Waals surface area contributed by atoms with Crippen molar-refractivity contribution in [2.45, 2.75) is 6.42 Å². The number of likely N-dealkylation sites (N-methyl/N-ethyl adjacent to an activating group) is 1. The fourth-order valence-electron chi connectivity index (χ4n) is 3.49. The molecule has 0 spiro atoms. The van der Waals surface area contributed by atoms with Gasteiger partial charge in [0.15, 0.2) is 0 Å². The third kappa shape index (κ3) is 4.41. The van der Waals surface area contributed by atoms with E-state index >= 15 is 0 Å². The van der Waals surface area contributed by atoms with Crippen molar-refractivity contribution < 1.29 is 4.79 Å². The number of para-hydroxylation sites is 1. The molecule has 4 rings (SSSR count). The number of rotatable bonds is 3. The van der Waals surface area contributed by atoms with E-state index in [1.165, 1.54) is 0 Å². The summed E-state index contributed by atoms with van der Waals surface area (Å²) >= 11 is 0. The number of carbonyl (C=O) groups is 1. The monoisotopic (exact) mass is 387 g/mol.